The van der Waals surface area contributed by atoms with Gasteiger partial charge in [0.1, 0.15) is 0 Å². The molecular weight excluding hydrogens is 334 g/mol. The van der Waals surface area contributed by atoms with Crippen molar-refractivity contribution in [2.45, 2.75) is 128 Å². The Morgan fingerprint density at radius 3 is 0.852 bits per heavy atom. The molecular formula is C24H51NO2. The second-order valence-electron chi connectivity index (χ2n) is 8.27. The van der Waals surface area contributed by atoms with E-state index in [9.17, 15) is 0 Å². The average Bonchev–Trinajstić information content (AvgIpc) is 2.68. The maximum atomic E-state index is 8.73. The van der Waals surface area contributed by atoms with Crippen molar-refractivity contribution in [3.63, 3.8) is 0 Å². The highest BCUT2D eigenvalue weighted by Gasteiger charge is 1.95. The van der Waals surface area contributed by atoms with Gasteiger partial charge in [0, 0.05) is 13.2 Å². The molecule has 0 aromatic rings. The highest BCUT2D eigenvalue weighted by atomic mass is 16.3. The van der Waals surface area contributed by atoms with E-state index in [-0.39, 0.29) is 0 Å². The summed E-state index contributed by atoms with van der Waals surface area (Å²) in [6.45, 7) is 2.90. The Morgan fingerprint density at radius 2 is 0.519 bits per heavy atom. The fourth-order valence-corrected chi connectivity index (χ4v) is 3.68. The topological polar surface area (TPSA) is 52.5 Å². The first kappa shape index (κ1) is 26.9. The van der Waals surface area contributed by atoms with E-state index < -0.39 is 0 Å². The molecule has 0 bridgehead atoms. The maximum Gasteiger partial charge on any atom is 0.0431 e. The van der Waals surface area contributed by atoms with Crippen LogP contribution in [0, 0.1) is 0 Å². The van der Waals surface area contributed by atoms with Crippen molar-refractivity contribution in [3.05, 3.63) is 0 Å². The van der Waals surface area contributed by atoms with Crippen LogP contribution >= 0.6 is 0 Å². The van der Waals surface area contributed by atoms with Crippen LogP contribution in [0.25, 0.3) is 0 Å². The highest BCUT2D eigenvalue weighted by molar-refractivity contribution is 4.52. The summed E-state index contributed by atoms with van der Waals surface area (Å²) in [6, 6.07) is 0. The Labute approximate surface area is 170 Å². The van der Waals surface area contributed by atoms with Gasteiger partial charge in [0.15, 0.2) is 0 Å². The Hall–Kier alpha value is -0.120. The van der Waals surface area contributed by atoms with Crippen molar-refractivity contribution >= 4 is 0 Å². The van der Waals surface area contributed by atoms with Crippen LogP contribution < -0.4 is 5.32 Å². The molecule has 0 fully saturated rings. The van der Waals surface area contributed by atoms with Crippen LogP contribution in [0.15, 0.2) is 0 Å². The van der Waals surface area contributed by atoms with Crippen LogP contribution in [0.5, 0.6) is 0 Å². The van der Waals surface area contributed by atoms with Crippen molar-refractivity contribution < 1.29 is 10.2 Å². The molecule has 0 radical (unpaired) electrons. The molecule has 3 nitrogen and oxygen atoms in total. The lowest BCUT2D eigenvalue weighted by Crippen LogP contribution is -2.16. The third-order valence-electron chi connectivity index (χ3n) is 5.52. The van der Waals surface area contributed by atoms with E-state index in [0.29, 0.717) is 13.2 Å². The largest absolute Gasteiger partial charge is 0.396 e. The summed E-state index contributed by atoms with van der Waals surface area (Å²) in [5.41, 5.74) is 0. The van der Waals surface area contributed by atoms with Gasteiger partial charge in [0.2, 0.25) is 0 Å². The van der Waals surface area contributed by atoms with Crippen LogP contribution in [-0.2, 0) is 0 Å². The number of aliphatic hydroxyl groups is 2. The van der Waals surface area contributed by atoms with E-state index >= 15 is 0 Å². The van der Waals surface area contributed by atoms with E-state index in [2.05, 4.69) is 5.32 Å². The van der Waals surface area contributed by atoms with Crippen LogP contribution in [0.1, 0.15) is 128 Å². The molecule has 0 saturated carbocycles. The zero-order valence-corrected chi connectivity index (χ0v) is 18.4. The fraction of sp³-hybridized carbons (Fsp3) is 1.00. The van der Waals surface area contributed by atoms with Crippen molar-refractivity contribution in [1.29, 1.82) is 0 Å². The molecule has 3 heteroatoms. The van der Waals surface area contributed by atoms with Crippen LogP contribution in [0.2, 0.25) is 0 Å². The lowest BCUT2D eigenvalue weighted by atomic mass is 10.0. The smallest absolute Gasteiger partial charge is 0.0431 e. The van der Waals surface area contributed by atoms with Gasteiger partial charge >= 0.3 is 0 Å². The van der Waals surface area contributed by atoms with Gasteiger partial charge in [-0.15, -0.1) is 0 Å². The van der Waals surface area contributed by atoms with Crippen molar-refractivity contribution in [2.24, 2.45) is 0 Å². The molecule has 0 spiro atoms. The monoisotopic (exact) mass is 385 g/mol. The van der Waals surface area contributed by atoms with E-state index in [1.807, 2.05) is 0 Å². The first-order valence-electron chi connectivity index (χ1n) is 12.3. The SMILES string of the molecule is OCCCCCCCCCCCCCCCCCCCCNCCCCO. The molecule has 0 heterocycles. The zero-order valence-electron chi connectivity index (χ0n) is 18.4. The predicted octanol–water partition coefficient (Wildman–Crippen LogP) is 6.36. The highest BCUT2D eigenvalue weighted by Crippen LogP contribution is 2.14. The van der Waals surface area contributed by atoms with Crippen LogP contribution in [-0.4, -0.2) is 36.5 Å². The molecule has 0 saturated heterocycles. The molecule has 0 rings (SSSR count). The van der Waals surface area contributed by atoms with Crippen LogP contribution in [0.3, 0.4) is 0 Å². The van der Waals surface area contributed by atoms with Gasteiger partial charge < -0.3 is 15.5 Å². The molecule has 0 aromatic heterocycles. The van der Waals surface area contributed by atoms with E-state index in [4.69, 9.17) is 10.2 Å². The number of nitrogens with one attached hydrogen (secondary N) is 1. The van der Waals surface area contributed by atoms with Gasteiger partial charge in [-0.25, -0.2) is 0 Å². The third-order valence-corrected chi connectivity index (χ3v) is 5.52. The summed E-state index contributed by atoms with van der Waals surface area (Å²) in [5.74, 6) is 0. The molecule has 164 valence electrons. The summed E-state index contributed by atoms with van der Waals surface area (Å²) in [7, 11) is 0. The number of aliphatic hydroxyl groups excluding tert-OH is 2. The zero-order chi connectivity index (χ0) is 19.7. The summed E-state index contributed by atoms with van der Waals surface area (Å²) in [6.07, 6.45) is 26.7. The Balaban J connectivity index is 2.95. The van der Waals surface area contributed by atoms with Crippen molar-refractivity contribution in [3.8, 4) is 0 Å². The second kappa shape index (κ2) is 25.9. The maximum absolute atomic E-state index is 8.73. The van der Waals surface area contributed by atoms with E-state index in [1.54, 1.807) is 0 Å². The van der Waals surface area contributed by atoms with Crippen molar-refractivity contribution in [1.82, 2.24) is 5.32 Å². The molecule has 0 aliphatic heterocycles. The molecule has 0 aliphatic rings. The minimum atomic E-state index is 0.328. The molecule has 0 aromatic carbocycles. The van der Waals surface area contributed by atoms with E-state index in [1.165, 1.54) is 109 Å². The molecule has 0 atom stereocenters. The Bertz CT molecular complexity index is 225. The van der Waals surface area contributed by atoms with E-state index in [0.717, 1.165) is 32.4 Å². The molecule has 0 amide bonds. The molecule has 3 N–H and O–H groups in total. The quantitative estimate of drug-likeness (QED) is 0.169. The first-order valence-corrected chi connectivity index (χ1v) is 12.3. The van der Waals surface area contributed by atoms with Gasteiger partial charge in [-0.1, -0.05) is 103 Å². The predicted molar refractivity (Wildman–Crippen MR) is 119 cm³/mol. The number of hydrogen-bond acceptors (Lipinski definition) is 3. The number of unbranched alkanes of at least 4 members (excludes halogenated alkanes) is 18. The van der Waals surface area contributed by atoms with Crippen LogP contribution in [0.4, 0.5) is 0 Å². The van der Waals surface area contributed by atoms with Crippen molar-refractivity contribution in [2.75, 3.05) is 26.3 Å². The second-order valence-corrected chi connectivity index (χ2v) is 8.27. The molecule has 27 heavy (non-hydrogen) atoms. The third kappa shape index (κ3) is 25.9. The van der Waals surface area contributed by atoms with Gasteiger partial charge in [0.25, 0.3) is 0 Å². The minimum Gasteiger partial charge on any atom is -0.396 e. The number of hydrogen-bond donors (Lipinski definition) is 3. The Morgan fingerprint density at radius 1 is 0.296 bits per heavy atom. The summed E-state index contributed by atoms with van der Waals surface area (Å²) >= 11 is 0. The van der Waals surface area contributed by atoms with Gasteiger partial charge in [-0.3, -0.25) is 0 Å². The number of rotatable bonds is 24. The lowest BCUT2D eigenvalue weighted by molar-refractivity contribution is 0.282. The molecule has 0 aliphatic carbocycles. The fourth-order valence-electron chi connectivity index (χ4n) is 3.68. The molecule has 0 unspecified atom stereocenters. The first-order chi connectivity index (χ1) is 13.4. The minimum absolute atomic E-state index is 0.328. The van der Waals surface area contributed by atoms with Gasteiger partial charge in [-0.05, 0) is 38.8 Å². The summed E-state index contributed by atoms with van der Waals surface area (Å²) in [5, 5.41) is 20.9. The van der Waals surface area contributed by atoms with Gasteiger partial charge in [0.05, 0.1) is 0 Å². The Kier molecular flexibility index (Phi) is 25.8. The normalized spacial score (nSPS) is 11.3. The lowest BCUT2D eigenvalue weighted by Gasteiger charge is -2.05. The summed E-state index contributed by atoms with van der Waals surface area (Å²) < 4.78 is 0. The standard InChI is InChI=1S/C24H51NO2/c26-23-19-16-14-12-10-8-6-4-2-1-3-5-7-9-11-13-15-17-21-25-22-18-20-24-27/h25-27H,1-24H2. The summed E-state index contributed by atoms with van der Waals surface area (Å²) in [4.78, 5) is 0. The average molecular weight is 386 g/mol. The van der Waals surface area contributed by atoms with Gasteiger partial charge in [-0.2, -0.15) is 0 Å².